The Balaban J connectivity index is 1.30. The van der Waals surface area contributed by atoms with Gasteiger partial charge in [-0.15, -0.1) is 0 Å². The zero-order chi connectivity index (χ0) is 28.4. The number of amides is 1. The first-order chi connectivity index (χ1) is 18.3. The van der Waals surface area contributed by atoms with Crippen LogP contribution >= 0.6 is 0 Å². The molecule has 0 radical (unpaired) electrons. The van der Waals surface area contributed by atoms with Crippen LogP contribution in [0.4, 0.5) is 38.0 Å². The minimum atomic E-state index is -4.89. The van der Waals surface area contributed by atoms with E-state index in [2.05, 4.69) is 20.4 Å². The summed E-state index contributed by atoms with van der Waals surface area (Å²) in [7, 11) is 0. The predicted octanol–water partition coefficient (Wildman–Crippen LogP) is 1.92. The first-order valence-electron chi connectivity index (χ1n) is 11.9. The average molecular weight is 565 g/mol. The quantitative estimate of drug-likeness (QED) is 0.485. The molecule has 0 bridgehead atoms. The second-order valence-electron chi connectivity index (χ2n) is 9.12. The molecule has 17 heteroatoms. The number of piperazine rings is 1. The summed E-state index contributed by atoms with van der Waals surface area (Å²) in [5.74, 6) is -0.199. The minimum Gasteiger partial charge on any atom is -0.378 e. The molecule has 214 valence electrons. The van der Waals surface area contributed by atoms with Gasteiger partial charge in [-0.3, -0.25) is 9.59 Å². The largest absolute Gasteiger partial charge is 0.423 e. The topological polar surface area (TPSA) is 126 Å². The number of fused-ring (bicyclic) bond motifs is 1. The van der Waals surface area contributed by atoms with Crippen LogP contribution < -0.4 is 15.8 Å². The fourth-order valence-electron chi connectivity index (χ4n) is 4.38. The van der Waals surface area contributed by atoms with Crippen molar-refractivity contribution in [1.82, 2.24) is 25.1 Å². The van der Waals surface area contributed by atoms with Crippen molar-refractivity contribution < 1.29 is 40.6 Å². The van der Waals surface area contributed by atoms with Crippen LogP contribution in [-0.2, 0) is 26.6 Å². The van der Waals surface area contributed by atoms with Crippen molar-refractivity contribution in [2.45, 2.75) is 43.9 Å². The maximum atomic E-state index is 13.2. The third-order valence-electron chi connectivity index (χ3n) is 6.24. The van der Waals surface area contributed by atoms with E-state index in [4.69, 9.17) is 9.47 Å². The number of nitrogens with one attached hydrogen (secondary N) is 2. The molecule has 2 aliphatic rings. The summed E-state index contributed by atoms with van der Waals surface area (Å²) in [6, 6.07) is -0.956. The van der Waals surface area contributed by atoms with Crippen LogP contribution in [-0.4, -0.2) is 88.6 Å². The van der Waals surface area contributed by atoms with Gasteiger partial charge in [-0.1, -0.05) is 0 Å². The summed E-state index contributed by atoms with van der Waals surface area (Å²) in [4.78, 5) is 35.7. The van der Waals surface area contributed by atoms with Crippen LogP contribution in [0.3, 0.4) is 0 Å². The molecule has 4 rings (SSSR count). The monoisotopic (exact) mass is 565 g/mol. The van der Waals surface area contributed by atoms with Gasteiger partial charge in [0.25, 0.3) is 11.5 Å². The van der Waals surface area contributed by atoms with Gasteiger partial charge >= 0.3 is 12.4 Å². The van der Waals surface area contributed by atoms with E-state index >= 15 is 0 Å². The van der Waals surface area contributed by atoms with Gasteiger partial charge in [0.1, 0.15) is 5.56 Å². The van der Waals surface area contributed by atoms with Crippen LogP contribution in [0.2, 0.25) is 0 Å². The highest BCUT2D eigenvalue weighted by Gasteiger charge is 2.39. The Hall–Kier alpha value is -3.47. The van der Waals surface area contributed by atoms with Gasteiger partial charge in [0.2, 0.25) is 5.95 Å². The lowest BCUT2D eigenvalue weighted by atomic mass is 10.1. The maximum absolute atomic E-state index is 13.2. The number of H-pyrrole nitrogens is 1. The summed E-state index contributed by atoms with van der Waals surface area (Å²) in [5.41, 5.74) is -4.23. The Morgan fingerprint density at radius 2 is 1.85 bits per heavy atom. The van der Waals surface area contributed by atoms with Gasteiger partial charge in [0.05, 0.1) is 36.7 Å². The highest BCUT2D eigenvalue weighted by Crippen LogP contribution is 2.32. The predicted molar refractivity (Wildman–Crippen MR) is 123 cm³/mol. The van der Waals surface area contributed by atoms with Crippen LogP contribution in [0.5, 0.6) is 0 Å². The van der Waals surface area contributed by atoms with Crippen molar-refractivity contribution in [3.63, 3.8) is 0 Å². The van der Waals surface area contributed by atoms with E-state index in [1.807, 2.05) is 0 Å². The normalized spacial score (nSPS) is 21.4. The number of ether oxygens (including phenoxy) is 2. The second-order valence-corrected chi connectivity index (χ2v) is 9.12. The molecule has 0 aromatic carbocycles. The standard InChI is InChI=1S/C22H25F6N7O4/c1-12(32-15-8-31-33-18(36)17(15)22(26,27)28)10-38-11-16-19(37)35-4-3-34(9-14(35)2-5-39-16)20-29-6-13(7-30-20)21(23,24)25/h6-8,12,14,16H,2-5,9-11H2,1H3,(H2,32,33,36)/t12?,14?,16-/m1/s1. The Kier molecular flexibility index (Phi) is 8.29. The fraction of sp³-hybridized carbons (Fsp3) is 0.591. The molecule has 2 unspecified atom stereocenters. The number of anilines is 2. The van der Waals surface area contributed by atoms with E-state index < -0.39 is 46.9 Å². The molecule has 11 nitrogen and oxygen atoms in total. The van der Waals surface area contributed by atoms with E-state index in [0.29, 0.717) is 19.5 Å². The van der Waals surface area contributed by atoms with E-state index in [1.54, 1.807) is 14.9 Å². The molecular weight excluding hydrogens is 540 g/mol. The number of hydrogen-bond donors (Lipinski definition) is 2. The number of carbonyl (C=O) groups excluding carboxylic acids is 1. The van der Waals surface area contributed by atoms with Crippen molar-refractivity contribution in [3.05, 3.63) is 40.1 Å². The molecule has 2 aliphatic heterocycles. The number of halogens is 6. The van der Waals surface area contributed by atoms with Gasteiger partial charge in [0, 0.05) is 44.7 Å². The van der Waals surface area contributed by atoms with Gasteiger partial charge in [-0.05, 0) is 13.3 Å². The molecule has 4 heterocycles. The highest BCUT2D eigenvalue weighted by atomic mass is 19.4. The number of carbonyl (C=O) groups is 1. The van der Waals surface area contributed by atoms with Crippen molar-refractivity contribution in [2.24, 2.45) is 0 Å². The number of nitrogens with zero attached hydrogens (tertiary/aromatic N) is 5. The molecule has 2 fully saturated rings. The molecule has 3 atom stereocenters. The number of hydrogen-bond acceptors (Lipinski definition) is 9. The fourth-order valence-corrected chi connectivity index (χ4v) is 4.38. The Bertz CT molecular complexity index is 1210. The lowest BCUT2D eigenvalue weighted by molar-refractivity contribution is -0.146. The molecule has 39 heavy (non-hydrogen) atoms. The van der Waals surface area contributed by atoms with Crippen LogP contribution in [0.1, 0.15) is 24.5 Å². The summed E-state index contributed by atoms with van der Waals surface area (Å²) in [6.45, 7) is 2.37. The van der Waals surface area contributed by atoms with Crippen molar-refractivity contribution in [1.29, 1.82) is 0 Å². The number of rotatable bonds is 7. The smallest absolute Gasteiger partial charge is 0.378 e. The Morgan fingerprint density at radius 1 is 1.13 bits per heavy atom. The molecule has 2 N–H and O–H groups in total. The van der Waals surface area contributed by atoms with Crippen molar-refractivity contribution in [2.75, 3.05) is 49.7 Å². The number of alkyl halides is 6. The zero-order valence-electron chi connectivity index (χ0n) is 20.6. The van der Waals surface area contributed by atoms with Crippen LogP contribution in [0.25, 0.3) is 0 Å². The SMILES string of the molecule is CC(COC[C@H]1OCCC2CN(c3ncc(C(F)(F)F)cn3)CCN2C1=O)Nc1cn[nH]c(=O)c1C(F)(F)F. The third-order valence-corrected chi connectivity index (χ3v) is 6.24. The molecule has 0 aliphatic carbocycles. The van der Waals surface area contributed by atoms with Crippen LogP contribution in [0.15, 0.2) is 23.4 Å². The van der Waals surface area contributed by atoms with Gasteiger partial charge in [-0.2, -0.15) is 31.4 Å². The van der Waals surface area contributed by atoms with Gasteiger partial charge in [-0.25, -0.2) is 15.1 Å². The maximum Gasteiger partial charge on any atom is 0.423 e. The van der Waals surface area contributed by atoms with E-state index in [1.165, 1.54) is 6.92 Å². The molecule has 2 saturated heterocycles. The van der Waals surface area contributed by atoms with Crippen molar-refractivity contribution >= 4 is 17.5 Å². The Morgan fingerprint density at radius 3 is 2.51 bits per heavy atom. The summed E-state index contributed by atoms with van der Waals surface area (Å²) < 4.78 is 89.3. The first-order valence-corrected chi connectivity index (χ1v) is 11.9. The zero-order valence-corrected chi connectivity index (χ0v) is 20.6. The highest BCUT2D eigenvalue weighted by molar-refractivity contribution is 5.82. The number of aromatic nitrogens is 4. The minimum absolute atomic E-state index is 0.0975. The number of aromatic amines is 1. The average Bonchev–Trinajstić information content (AvgIpc) is 3.01. The van der Waals surface area contributed by atoms with E-state index in [-0.39, 0.29) is 44.3 Å². The third kappa shape index (κ3) is 6.76. The van der Waals surface area contributed by atoms with Gasteiger partial charge in [0.15, 0.2) is 6.10 Å². The van der Waals surface area contributed by atoms with Gasteiger partial charge < -0.3 is 24.6 Å². The molecule has 0 spiro atoms. The summed E-state index contributed by atoms with van der Waals surface area (Å²) in [6.07, 6.45) is -7.62. The molecule has 2 aromatic rings. The lowest BCUT2D eigenvalue weighted by Gasteiger charge is -2.40. The van der Waals surface area contributed by atoms with E-state index in [0.717, 1.165) is 18.6 Å². The molecule has 2 aromatic heterocycles. The van der Waals surface area contributed by atoms with Crippen LogP contribution in [0, 0.1) is 0 Å². The second kappa shape index (κ2) is 11.3. The Labute approximate surface area is 217 Å². The summed E-state index contributed by atoms with van der Waals surface area (Å²) in [5, 5.41) is 7.70. The van der Waals surface area contributed by atoms with Crippen molar-refractivity contribution in [3.8, 4) is 0 Å². The lowest BCUT2D eigenvalue weighted by Crippen LogP contribution is -2.57. The molecule has 1 amide bonds. The molecular formula is C22H25F6N7O4. The molecule has 0 saturated carbocycles. The summed E-state index contributed by atoms with van der Waals surface area (Å²) >= 11 is 0. The first kappa shape index (κ1) is 28.5. The van der Waals surface area contributed by atoms with E-state index in [9.17, 15) is 35.9 Å².